The Labute approximate surface area is 105 Å². The molecule has 0 spiro atoms. The van der Waals surface area contributed by atoms with Gasteiger partial charge in [-0.25, -0.2) is 0 Å². The highest BCUT2D eigenvalue weighted by Crippen LogP contribution is 2.17. The Hall–Kier alpha value is -2.11. The molecule has 0 aromatic carbocycles. The van der Waals surface area contributed by atoms with Crippen LogP contribution in [0.3, 0.4) is 0 Å². The number of piperazine rings is 1. The highest BCUT2D eigenvalue weighted by atomic mass is 16.3. The average molecular weight is 249 g/mol. The minimum absolute atomic E-state index is 0.0221. The van der Waals surface area contributed by atoms with Crippen LogP contribution in [0.2, 0.25) is 0 Å². The lowest BCUT2D eigenvalue weighted by Gasteiger charge is -2.34. The lowest BCUT2D eigenvalue weighted by molar-refractivity contribution is -0.130. The first-order valence-corrected chi connectivity index (χ1v) is 5.77. The Morgan fingerprint density at radius 3 is 2.39 bits per heavy atom. The lowest BCUT2D eigenvalue weighted by Crippen LogP contribution is -2.50. The van der Waals surface area contributed by atoms with Crippen molar-refractivity contribution in [1.29, 1.82) is 0 Å². The van der Waals surface area contributed by atoms with Crippen LogP contribution >= 0.6 is 0 Å². The minimum Gasteiger partial charge on any atom is -0.505 e. The molecule has 1 aliphatic heterocycles. The zero-order valence-electron chi connectivity index (χ0n) is 10.2. The van der Waals surface area contributed by atoms with Gasteiger partial charge in [-0.15, -0.1) is 0 Å². The molecule has 0 unspecified atom stereocenters. The van der Waals surface area contributed by atoms with Crippen LogP contribution in [0.1, 0.15) is 17.3 Å². The molecule has 6 heteroatoms. The molecule has 0 atom stereocenters. The summed E-state index contributed by atoms with van der Waals surface area (Å²) in [5.41, 5.74) is 0.251. The van der Waals surface area contributed by atoms with E-state index < -0.39 is 0 Å². The molecule has 1 aromatic rings. The topological polar surface area (TPSA) is 73.7 Å². The summed E-state index contributed by atoms with van der Waals surface area (Å²) in [6, 6.07) is 1.50. The van der Waals surface area contributed by atoms with Crippen LogP contribution in [-0.4, -0.2) is 57.9 Å². The SMILES string of the molecule is CC(=O)N1CCN(C(=O)c2ccncc2O)CC1. The van der Waals surface area contributed by atoms with Crippen molar-refractivity contribution in [2.45, 2.75) is 6.92 Å². The van der Waals surface area contributed by atoms with Gasteiger partial charge in [0.25, 0.3) is 5.91 Å². The third-order valence-electron chi connectivity index (χ3n) is 3.04. The molecule has 6 nitrogen and oxygen atoms in total. The van der Waals surface area contributed by atoms with Crippen LogP contribution in [0, 0.1) is 0 Å². The second kappa shape index (κ2) is 5.03. The summed E-state index contributed by atoms with van der Waals surface area (Å²) in [4.78, 5) is 30.4. The smallest absolute Gasteiger partial charge is 0.257 e. The zero-order chi connectivity index (χ0) is 13.1. The number of aromatic nitrogens is 1. The van der Waals surface area contributed by atoms with Crippen molar-refractivity contribution in [3.05, 3.63) is 24.0 Å². The number of pyridine rings is 1. The van der Waals surface area contributed by atoms with E-state index in [9.17, 15) is 14.7 Å². The molecule has 1 saturated heterocycles. The van der Waals surface area contributed by atoms with Crippen molar-refractivity contribution < 1.29 is 14.7 Å². The predicted molar refractivity (Wildman–Crippen MR) is 64.1 cm³/mol. The summed E-state index contributed by atoms with van der Waals surface area (Å²) in [5, 5.41) is 9.58. The molecule has 96 valence electrons. The van der Waals surface area contributed by atoms with E-state index in [2.05, 4.69) is 4.98 Å². The molecule has 0 saturated carbocycles. The Kier molecular flexibility index (Phi) is 3.45. The van der Waals surface area contributed by atoms with E-state index in [1.807, 2.05) is 0 Å². The van der Waals surface area contributed by atoms with Crippen molar-refractivity contribution in [2.75, 3.05) is 26.2 Å². The molecule has 0 aliphatic carbocycles. The van der Waals surface area contributed by atoms with Crippen molar-refractivity contribution in [1.82, 2.24) is 14.8 Å². The highest BCUT2D eigenvalue weighted by molar-refractivity contribution is 5.96. The fourth-order valence-electron chi connectivity index (χ4n) is 1.96. The predicted octanol–water partition coefficient (Wildman–Crippen LogP) is 0.0915. The minimum atomic E-state index is -0.224. The molecule has 0 radical (unpaired) electrons. The molecule has 2 rings (SSSR count). The number of hydrogen-bond acceptors (Lipinski definition) is 4. The summed E-state index contributed by atoms with van der Waals surface area (Å²) in [6.07, 6.45) is 2.72. The molecule has 18 heavy (non-hydrogen) atoms. The third kappa shape index (κ3) is 2.42. The molecule has 2 amide bonds. The third-order valence-corrected chi connectivity index (χ3v) is 3.04. The fraction of sp³-hybridized carbons (Fsp3) is 0.417. The Morgan fingerprint density at radius 2 is 1.83 bits per heavy atom. The first-order chi connectivity index (χ1) is 8.59. The van der Waals surface area contributed by atoms with E-state index in [1.165, 1.54) is 25.4 Å². The summed E-state index contributed by atoms with van der Waals surface area (Å²) >= 11 is 0. The van der Waals surface area contributed by atoms with Gasteiger partial charge in [-0.3, -0.25) is 14.6 Å². The van der Waals surface area contributed by atoms with Gasteiger partial charge in [-0.2, -0.15) is 0 Å². The summed E-state index contributed by atoms with van der Waals surface area (Å²) in [7, 11) is 0. The highest BCUT2D eigenvalue weighted by Gasteiger charge is 2.24. The normalized spacial score (nSPS) is 15.6. The van der Waals surface area contributed by atoms with Crippen LogP contribution in [0.5, 0.6) is 5.75 Å². The van der Waals surface area contributed by atoms with E-state index in [4.69, 9.17) is 0 Å². The van der Waals surface area contributed by atoms with Crippen molar-refractivity contribution in [3.63, 3.8) is 0 Å². The fourth-order valence-corrected chi connectivity index (χ4v) is 1.96. The van der Waals surface area contributed by atoms with Gasteiger partial charge >= 0.3 is 0 Å². The Balaban J connectivity index is 2.04. The molecule has 1 N–H and O–H groups in total. The van der Waals surface area contributed by atoms with Crippen molar-refractivity contribution >= 4 is 11.8 Å². The van der Waals surface area contributed by atoms with E-state index >= 15 is 0 Å². The number of nitrogens with zero attached hydrogens (tertiary/aromatic N) is 3. The number of amides is 2. The van der Waals surface area contributed by atoms with Gasteiger partial charge in [0.05, 0.1) is 11.8 Å². The molecular formula is C12H15N3O3. The molecule has 1 aliphatic rings. The van der Waals surface area contributed by atoms with E-state index in [1.54, 1.807) is 9.80 Å². The maximum Gasteiger partial charge on any atom is 0.257 e. The summed E-state index contributed by atoms with van der Waals surface area (Å²) < 4.78 is 0. The van der Waals surface area contributed by atoms with Crippen molar-refractivity contribution in [3.8, 4) is 5.75 Å². The second-order valence-corrected chi connectivity index (χ2v) is 4.19. The summed E-state index contributed by atoms with van der Waals surface area (Å²) in [5.74, 6) is -0.316. The largest absolute Gasteiger partial charge is 0.505 e. The maximum atomic E-state index is 12.1. The van der Waals surface area contributed by atoms with Gasteiger partial charge in [0.15, 0.2) is 0 Å². The van der Waals surface area contributed by atoms with E-state index in [0.29, 0.717) is 26.2 Å². The molecule has 1 aromatic heterocycles. The van der Waals surface area contributed by atoms with Gasteiger partial charge in [0, 0.05) is 39.3 Å². The first-order valence-electron chi connectivity index (χ1n) is 5.77. The van der Waals surface area contributed by atoms with Gasteiger partial charge in [0.1, 0.15) is 5.75 Å². The average Bonchev–Trinajstić information content (AvgIpc) is 2.38. The molecular weight excluding hydrogens is 234 g/mol. The first kappa shape index (κ1) is 12.3. The molecule has 0 bridgehead atoms. The number of hydrogen-bond donors (Lipinski definition) is 1. The Bertz CT molecular complexity index is 467. The van der Waals surface area contributed by atoms with Crippen LogP contribution in [-0.2, 0) is 4.79 Å². The zero-order valence-corrected chi connectivity index (χ0v) is 10.2. The van der Waals surface area contributed by atoms with E-state index in [0.717, 1.165) is 0 Å². The Morgan fingerprint density at radius 1 is 1.22 bits per heavy atom. The van der Waals surface area contributed by atoms with E-state index in [-0.39, 0.29) is 23.1 Å². The second-order valence-electron chi connectivity index (χ2n) is 4.19. The summed E-state index contributed by atoms with van der Waals surface area (Å²) in [6.45, 7) is 3.56. The van der Waals surface area contributed by atoms with Crippen molar-refractivity contribution in [2.24, 2.45) is 0 Å². The number of rotatable bonds is 1. The monoisotopic (exact) mass is 249 g/mol. The number of aromatic hydroxyl groups is 1. The lowest BCUT2D eigenvalue weighted by atomic mass is 10.2. The molecule has 1 fully saturated rings. The van der Waals surface area contributed by atoms with Gasteiger partial charge < -0.3 is 14.9 Å². The van der Waals surface area contributed by atoms with Gasteiger partial charge in [-0.05, 0) is 6.07 Å². The molecule has 2 heterocycles. The van der Waals surface area contributed by atoms with Crippen LogP contribution in [0.4, 0.5) is 0 Å². The number of carbonyl (C=O) groups is 2. The van der Waals surface area contributed by atoms with Gasteiger partial charge in [-0.1, -0.05) is 0 Å². The number of carbonyl (C=O) groups excluding carboxylic acids is 2. The van der Waals surface area contributed by atoms with Gasteiger partial charge in [0.2, 0.25) is 5.91 Å². The van der Waals surface area contributed by atoms with Crippen LogP contribution in [0.15, 0.2) is 18.5 Å². The quantitative estimate of drug-likeness (QED) is 0.765. The standard InChI is InChI=1S/C12H15N3O3/c1-9(16)14-4-6-15(7-5-14)12(18)10-2-3-13-8-11(10)17/h2-3,8,17H,4-7H2,1H3. The van der Waals surface area contributed by atoms with Crippen LogP contribution < -0.4 is 0 Å². The van der Waals surface area contributed by atoms with Crippen LogP contribution in [0.25, 0.3) is 0 Å². The maximum absolute atomic E-state index is 12.1.